The van der Waals surface area contributed by atoms with Gasteiger partial charge < -0.3 is 25.6 Å². The van der Waals surface area contributed by atoms with E-state index in [0.29, 0.717) is 25.7 Å². The van der Waals surface area contributed by atoms with E-state index in [-0.39, 0.29) is 12.1 Å². The summed E-state index contributed by atoms with van der Waals surface area (Å²) in [5.41, 5.74) is 6.01. The van der Waals surface area contributed by atoms with Gasteiger partial charge in [0.15, 0.2) is 5.96 Å². The number of carbonyl (C=O) groups excluding carboxylic acids is 1. The second kappa shape index (κ2) is 10.4. The number of rotatable bonds is 5. The predicted octanol–water partition coefficient (Wildman–Crippen LogP) is 1.39. The molecule has 0 aromatic rings. The number of nitrogens with one attached hydrogen (secondary N) is 1. The molecule has 138 valence electrons. The normalized spacial score (nSPS) is 21.4. The maximum absolute atomic E-state index is 11.7. The first-order valence-corrected chi connectivity index (χ1v) is 9.39. The molecule has 7 heteroatoms. The third-order valence-electron chi connectivity index (χ3n) is 4.77. The third kappa shape index (κ3) is 6.55. The van der Waals surface area contributed by atoms with Crippen LogP contribution >= 0.6 is 0 Å². The third-order valence-corrected chi connectivity index (χ3v) is 4.77. The van der Waals surface area contributed by atoms with Gasteiger partial charge in [0.1, 0.15) is 0 Å². The van der Waals surface area contributed by atoms with E-state index in [0.717, 1.165) is 25.9 Å². The molecule has 0 atom stereocenters. The molecular formula is C17H33N5O2. The van der Waals surface area contributed by atoms with E-state index < -0.39 is 0 Å². The summed E-state index contributed by atoms with van der Waals surface area (Å²) in [6.07, 6.45) is 6.85. The highest BCUT2D eigenvalue weighted by atomic mass is 16.6. The standard InChI is InChI=1S/C17H33N5O2/c1-2-24-17(23)22-12-7-15(8-13-22)20-16(18)19-9-14-21-10-5-3-4-6-11-21/h15H,2-14H2,1H3,(H3,18,19,20). The number of aliphatic imine (C=N–C) groups is 1. The molecule has 0 aromatic heterocycles. The zero-order chi connectivity index (χ0) is 17.2. The Bertz CT molecular complexity index is 400. The van der Waals surface area contributed by atoms with E-state index in [9.17, 15) is 4.79 Å². The lowest BCUT2D eigenvalue weighted by Gasteiger charge is -2.31. The molecule has 1 amide bonds. The van der Waals surface area contributed by atoms with Crippen molar-refractivity contribution in [2.24, 2.45) is 10.7 Å². The quantitative estimate of drug-likeness (QED) is 0.584. The number of piperidine rings is 1. The van der Waals surface area contributed by atoms with E-state index in [1.54, 1.807) is 4.90 Å². The molecule has 0 unspecified atom stereocenters. The number of hydrogen-bond donors (Lipinski definition) is 2. The second-order valence-corrected chi connectivity index (χ2v) is 6.63. The molecule has 2 rings (SSSR count). The molecule has 2 heterocycles. The Labute approximate surface area is 145 Å². The van der Waals surface area contributed by atoms with Crippen LogP contribution in [0.4, 0.5) is 4.79 Å². The van der Waals surface area contributed by atoms with Crippen molar-refractivity contribution in [1.82, 2.24) is 15.1 Å². The first kappa shape index (κ1) is 18.8. The van der Waals surface area contributed by atoms with Gasteiger partial charge >= 0.3 is 6.09 Å². The zero-order valence-electron chi connectivity index (χ0n) is 15.0. The lowest BCUT2D eigenvalue weighted by molar-refractivity contribution is 0.0963. The van der Waals surface area contributed by atoms with Gasteiger partial charge in [0.25, 0.3) is 0 Å². The number of ether oxygens (including phenoxy) is 1. The van der Waals surface area contributed by atoms with E-state index in [1.165, 1.54) is 38.8 Å². The van der Waals surface area contributed by atoms with Crippen molar-refractivity contribution in [3.63, 3.8) is 0 Å². The Morgan fingerprint density at radius 2 is 1.83 bits per heavy atom. The molecule has 0 saturated carbocycles. The van der Waals surface area contributed by atoms with Crippen LogP contribution in [-0.4, -0.2) is 73.8 Å². The number of nitrogens with zero attached hydrogens (tertiary/aromatic N) is 3. The van der Waals surface area contributed by atoms with Crippen molar-refractivity contribution < 1.29 is 9.53 Å². The van der Waals surface area contributed by atoms with E-state index in [4.69, 9.17) is 10.5 Å². The summed E-state index contributed by atoms with van der Waals surface area (Å²) in [4.78, 5) is 20.4. The van der Waals surface area contributed by atoms with E-state index >= 15 is 0 Å². The van der Waals surface area contributed by atoms with E-state index in [1.807, 2.05) is 6.92 Å². The molecule has 2 aliphatic rings. The molecule has 0 bridgehead atoms. The fourth-order valence-corrected chi connectivity index (χ4v) is 3.35. The maximum atomic E-state index is 11.7. The molecule has 7 nitrogen and oxygen atoms in total. The van der Waals surface area contributed by atoms with Crippen LogP contribution in [0.3, 0.4) is 0 Å². The summed E-state index contributed by atoms with van der Waals surface area (Å²) in [6.45, 7) is 7.78. The highest BCUT2D eigenvalue weighted by Gasteiger charge is 2.23. The Hall–Kier alpha value is -1.50. The van der Waals surface area contributed by atoms with Crippen LogP contribution in [0, 0.1) is 0 Å². The minimum Gasteiger partial charge on any atom is -0.450 e. The second-order valence-electron chi connectivity index (χ2n) is 6.63. The number of carbonyl (C=O) groups is 1. The van der Waals surface area contributed by atoms with Crippen molar-refractivity contribution in [3.05, 3.63) is 0 Å². The zero-order valence-corrected chi connectivity index (χ0v) is 15.0. The van der Waals surface area contributed by atoms with Gasteiger partial charge in [0.2, 0.25) is 0 Å². The number of likely N-dealkylation sites (tertiary alicyclic amines) is 2. The average molecular weight is 339 g/mol. The highest BCUT2D eigenvalue weighted by Crippen LogP contribution is 2.11. The number of hydrogen-bond acceptors (Lipinski definition) is 4. The van der Waals surface area contributed by atoms with Gasteiger partial charge in [0.05, 0.1) is 13.2 Å². The van der Waals surface area contributed by atoms with Crippen LogP contribution in [0.1, 0.15) is 45.4 Å². The van der Waals surface area contributed by atoms with E-state index in [2.05, 4.69) is 15.2 Å². The summed E-state index contributed by atoms with van der Waals surface area (Å²) in [7, 11) is 0. The largest absolute Gasteiger partial charge is 0.450 e. The number of amides is 1. The molecule has 0 radical (unpaired) electrons. The molecule has 0 spiro atoms. The van der Waals surface area contributed by atoms with Crippen LogP contribution in [0.5, 0.6) is 0 Å². The van der Waals surface area contributed by atoms with Gasteiger partial charge in [0, 0.05) is 25.7 Å². The number of nitrogens with two attached hydrogens (primary N) is 1. The fraction of sp³-hybridized carbons (Fsp3) is 0.882. The van der Waals surface area contributed by atoms with Crippen molar-refractivity contribution in [2.45, 2.75) is 51.5 Å². The molecule has 0 aliphatic carbocycles. The van der Waals surface area contributed by atoms with Crippen LogP contribution in [0.2, 0.25) is 0 Å². The summed E-state index contributed by atoms with van der Waals surface area (Å²) in [6, 6.07) is 0.289. The lowest BCUT2D eigenvalue weighted by atomic mass is 10.1. The van der Waals surface area contributed by atoms with Gasteiger partial charge in [-0.05, 0) is 45.7 Å². The smallest absolute Gasteiger partial charge is 0.409 e. The summed E-state index contributed by atoms with van der Waals surface area (Å²) < 4.78 is 5.03. The Balaban J connectivity index is 1.63. The molecule has 2 fully saturated rings. The molecule has 0 aromatic carbocycles. The van der Waals surface area contributed by atoms with Crippen LogP contribution < -0.4 is 11.1 Å². The lowest BCUT2D eigenvalue weighted by Crippen LogP contribution is -2.48. The first-order chi connectivity index (χ1) is 11.7. The molecule has 24 heavy (non-hydrogen) atoms. The van der Waals surface area contributed by atoms with Gasteiger partial charge in [-0.2, -0.15) is 0 Å². The van der Waals surface area contributed by atoms with Gasteiger partial charge in [-0.25, -0.2) is 4.79 Å². The Morgan fingerprint density at radius 1 is 1.17 bits per heavy atom. The number of guanidine groups is 1. The maximum Gasteiger partial charge on any atom is 0.409 e. The highest BCUT2D eigenvalue weighted by molar-refractivity contribution is 5.78. The van der Waals surface area contributed by atoms with Crippen molar-refractivity contribution >= 4 is 12.1 Å². The topological polar surface area (TPSA) is 83.2 Å². The summed E-state index contributed by atoms with van der Waals surface area (Å²) in [5.74, 6) is 0.527. The Morgan fingerprint density at radius 3 is 2.46 bits per heavy atom. The SMILES string of the molecule is CCOC(=O)N1CCC(NC(N)=NCCN2CCCCCC2)CC1. The van der Waals surface area contributed by atoms with Crippen molar-refractivity contribution in [2.75, 3.05) is 45.9 Å². The summed E-state index contributed by atoms with van der Waals surface area (Å²) >= 11 is 0. The molecule has 2 saturated heterocycles. The molecular weight excluding hydrogens is 306 g/mol. The van der Waals surface area contributed by atoms with Gasteiger partial charge in [-0.3, -0.25) is 4.99 Å². The van der Waals surface area contributed by atoms with Crippen LogP contribution in [0.25, 0.3) is 0 Å². The average Bonchev–Trinajstić information content (AvgIpc) is 2.84. The fourth-order valence-electron chi connectivity index (χ4n) is 3.35. The van der Waals surface area contributed by atoms with Gasteiger partial charge in [-0.15, -0.1) is 0 Å². The van der Waals surface area contributed by atoms with Crippen LogP contribution in [-0.2, 0) is 4.74 Å². The molecule has 2 aliphatic heterocycles. The van der Waals surface area contributed by atoms with Crippen LogP contribution in [0.15, 0.2) is 4.99 Å². The Kier molecular flexibility index (Phi) is 8.15. The monoisotopic (exact) mass is 339 g/mol. The summed E-state index contributed by atoms with van der Waals surface area (Å²) in [5, 5.41) is 3.29. The molecule has 3 N–H and O–H groups in total. The van der Waals surface area contributed by atoms with Crippen molar-refractivity contribution in [1.29, 1.82) is 0 Å². The first-order valence-electron chi connectivity index (χ1n) is 9.39. The van der Waals surface area contributed by atoms with Gasteiger partial charge in [-0.1, -0.05) is 12.8 Å². The minimum atomic E-state index is -0.213. The van der Waals surface area contributed by atoms with Crippen molar-refractivity contribution in [3.8, 4) is 0 Å². The predicted molar refractivity (Wildman–Crippen MR) is 96.2 cm³/mol. The minimum absolute atomic E-state index is 0.213.